The minimum Gasteiger partial charge on any atom is -0.479 e. The average molecular weight is 249 g/mol. The molecule has 5 heteroatoms. The van der Waals surface area contributed by atoms with Gasteiger partial charge in [0.1, 0.15) is 5.75 Å². The number of likely N-dealkylation sites (N-methyl/N-ethyl adjacent to an activating group) is 1. The molecule has 2 rings (SSSR count). The zero-order valence-electron chi connectivity index (χ0n) is 10.8. The summed E-state index contributed by atoms with van der Waals surface area (Å²) in [6.45, 7) is 3.61. The lowest BCUT2D eigenvalue weighted by Gasteiger charge is -2.26. The molecule has 2 atom stereocenters. The van der Waals surface area contributed by atoms with Gasteiger partial charge in [-0.15, -0.1) is 0 Å². The van der Waals surface area contributed by atoms with Gasteiger partial charge in [0.25, 0.3) is 5.91 Å². The van der Waals surface area contributed by atoms with E-state index in [2.05, 4.69) is 10.3 Å². The first-order valence-corrected chi connectivity index (χ1v) is 6.22. The van der Waals surface area contributed by atoms with Crippen molar-refractivity contribution < 1.29 is 9.53 Å². The summed E-state index contributed by atoms with van der Waals surface area (Å²) in [5, 5.41) is 3.25. The summed E-state index contributed by atoms with van der Waals surface area (Å²) >= 11 is 0. The van der Waals surface area contributed by atoms with E-state index in [-0.39, 0.29) is 11.9 Å². The van der Waals surface area contributed by atoms with Crippen LogP contribution in [0.3, 0.4) is 0 Å². The predicted molar refractivity (Wildman–Crippen MR) is 68.4 cm³/mol. The normalized spacial score (nSPS) is 20.4. The van der Waals surface area contributed by atoms with Crippen molar-refractivity contribution in [3.8, 4) is 5.75 Å². The fourth-order valence-corrected chi connectivity index (χ4v) is 2.11. The molecule has 0 radical (unpaired) electrons. The molecule has 0 spiro atoms. The largest absolute Gasteiger partial charge is 0.479 e. The van der Waals surface area contributed by atoms with Crippen LogP contribution in [-0.4, -0.2) is 48.1 Å². The number of ether oxygens (including phenoxy) is 1. The Labute approximate surface area is 107 Å². The molecule has 2 unspecified atom stereocenters. The van der Waals surface area contributed by atoms with Crippen molar-refractivity contribution in [1.82, 2.24) is 15.2 Å². The van der Waals surface area contributed by atoms with Crippen LogP contribution in [0, 0.1) is 0 Å². The number of carbonyl (C=O) groups is 1. The highest BCUT2D eigenvalue weighted by molar-refractivity contribution is 5.81. The van der Waals surface area contributed by atoms with E-state index in [0.717, 1.165) is 19.5 Å². The first-order chi connectivity index (χ1) is 8.68. The number of amides is 1. The number of hydrogen-bond donors (Lipinski definition) is 1. The quantitative estimate of drug-likeness (QED) is 0.852. The lowest BCUT2D eigenvalue weighted by atomic mass is 10.2. The fourth-order valence-electron chi connectivity index (χ4n) is 2.11. The van der Waals surface area contributed by atoms with Crippen LogP contribution in [0.2, 0.25) is 0 Å². The lowest BCUT2D eigenvalue weighted by Crippen LogP contribution is -2.44. The lowest BCUT2D eigenvalue weighted by molar-refractivity contribution is -0.138. The number of rotatable bonds is 4. The Kier molecular flexibility index (Phi) is 4.15. The minimum atomic E-state index is -0.486. The van der Waals surface area contributed by atoms with Crippen LogP contribution in [0.1, 0.15) is 13.3 Å². The van der Waals surface area contributed by atoms with Gasteiger partial charge in [-0.1, -0.05) is 0 Å². The molecule has 1 amide bonds. The highest BCUT2D eigenvalue weighted by Gasteiger charge is 2.27. The summed E-state index contributed by atoms with van der Waals surface area (Å²) in [7, 11) is 1.84. The Morgan fingerprint density at radius 3 is 3.11 bits per heavy atom. The van der Waals surface area contributed by atoms with Crippen LogP contribution in [0.5, 0.6) is 5.75 Å². The third kappa shape index (κ3) is 2.98. The number of nitrogens with one attached hydrogen (secondary N) is 1. The highest BCUT2D eigenvalue weighted by atomic mass is 16.5. The van der Waals surface area contributed by atoms with Crippen LogP contribution in [0.25, 0.3) is 0 Å². The maximum absolute atomic E-state index is 12.2. The molecular weight excluding hydrogens is 230 g/mol. The van der Waals surface area contributed by atoms with Crippen LogP contribution < -0.4 is 10.1 Å². The molecule has 0 aromatic carbocycles. The summed E-state index contributed by atoms with van der Waals surface area (Å²) in [6, 6.07) is 3.86. The van der Waals surface area contributed by atoms with Gasteiger partial charge in [0.15, 0.2) is 6.10 Å². The Bertz CT molecular complexity index is 390. The van der Waals surface area contributed by atoms with E-state index in [1.54, 1.807) is 36.4 Å². The van der Waals surface area contributed by atoms with Gasteiger partial charge in [-0.05, 0) is 32.0 Å². The molecule has 1 aromatic rings. The van der Waals surface area contributed by atoms with E-state index in [9.17, 15) is 4.79 Å². The van der Waals surface area contributed by atoms with Gasteiger partial charge in [0.05, 0.1) is 6.20 Å². The molecule has 1 aliphatic rings. The maximum atomic E-state index is 12.2. The summed E-state index contributed by atoms with van der Waals surface area (Å²) in [5.74, 6) is 0.629. The molecule has 18 heavy (non-hydrogen) atoms. The molecular formula is C13H19N3O2. The Morgan fingerprint density at radius 1 is 1.67 bits per heavy atom. The second kappa shape index (κ2) is 5.82. The van der Waals surface area contributed by atoms with Gasteiger partial charge in [-0.25, -0.2) is 0 Å². The highest BCUT2D eigenvalue weighted by Crippen LogP contribution is 2.13. The third-order valence-corrected chi connectivity index (χ3v) is 3.22. The fraction of sp³-hybridized carbons (Fsp3) is 0.538. The van der Waals surface area contributed by atoms with Gasteiger partial charge in [0, 0.05) is 25.8 Å². The van der Waals surface area contributed by atoms with Gasteiger partial charge in [0.2, 0.25) is 0 Å². The van der Waals surface area contributed by atoms with Gasteiger partial charge in [-0.3, -0.25) is 9.78 Å². The molecule has 0 saturated carbocycles. The van der Waals surface area contributed by atoms with Crippen molar-refractivity contribution in [3.63, 3.8) is 0 Å². The monoisotopic (exact) mass is 249 g/mol. The van der Waals surface area contributed by atoms with Gasteiger partial charge >= 0.3 is 0 Å². The number of hydrogen-bond acceptors (Lipinski definition) is 4. The van der Waals surface area contributed by atoms with Crippen molar-refractivity contribution in [1.29, 1.82) is 0 Å². The summed E-state index contributed by atoms with van der Waals surface area (Å²) in [6.07, 6.45) is 3.80. The molecule has 1 fully saturated rings. The van der Waals surface area contributed by atoms with Crippen molar-refractivity contribution in [2.45, 2.75) is 25.5 Å². The summed E-state index contributed by atoms with van der Waals surface area (Å²) in [5.41, 5.74) is 0. The minimum absolute atomic E-state index is 0.00699. The molecule has 1 aromatic heterocycles. The number of nitrogens with zero attached hydrogens (tertiary/aromatic N) is 2. The zero-order valence-corrected chi connectivity index (χ0v) is 10.8. The van der Waals surface area contributed by atoms with Crippen molar-refractivity contribution in [2.24, 2.45) is 0 Å². The topological polar surface area (TPSA) is 54.5 Å². The molecule has 98 valence electrons. The summed E-state index contributed by atoms with van der Waals surface area (Å²) in [4.78, 5) is 17.9. The molecule has 1 saturated heterocycles. The van der Waals surface area contributed by atoms with Crippen LogP contribution in [0.15, 0.2) is 24.5 Å². The third-order valence-electron chi connectivity index (χ3n) is 3.22. The van der Waals surface area contributed by atoms with Gasteiger partial charge < -0.3 is 15.0 Å². The molecule has 2 heterocycles. The Hall–Kier alpha value is -1.62. The van der Waals surface area contributed by atoms with E-state index in [1.165, 1.54) is 0 Å². The second-order valence-corrected chi connectivity index (χ2v) is 4.54. The van der Waals surface area contributed by atoms with E-state index < -0.39 is 6.10 Å². The predicted octanol–water partition coefficient (Wildman–Crippen LogP) is 0.669. The Morgan fingerprint density at radius 2 is 2.50 bits per heavy atom. The number of aromatic nitrogens is 1. The van der Waals surface area contributed by atoms with Crippen molar-refractivity contribution in [2.75, 3.05) is 20.1 Å². The van der Waals surface area contributed by atoms with E-state index in [0.29, 0.717) is 5.75 Å². The zero-order chi connectivity index (χ0) is 13.0. The SMILES string of the molecule is CC(Oc1cccnc1)C(=O)N(C)C1CCNC1. The Balaban J connectivity index is 1.91. The first-order valence-electron chi connectivity index (χ1n) is 6.22. The molecule has 0 aliphatic carbocycles. The average Bonchev–Trinajstić information content (AvgIpc) is 2.92. The molecule has 0 bridgehead atoms. The van der Waals surface area contributed by atoms with E-state index >= 15 is 0 Å². The van der Waals surface area contributed by atoms with Gasteiger partial charge in [-0.2, -0.15) is 0 Å². The van der Waals surface area contributed by atoms with E-state index in [4.69, 9.17) is 4.74 Å². The van der Waals surface area contributed by atoms with Crippen molar-refractivity contribution >= 4 is 5.91 Å². The van der Waals surface area contributed by atoms with Crippen LogP contribution in [0.4, 0.5) is 0 Å². The number of pyridine rings is 1. The smallest absolute Gasteiger partial charge is 0.263 e. The van der Waals surface area contributed by atoms with Crippen LogP contribution in [-0.2, 0) is 4.79 Å². The van der Waals surface area contributed by atoms with Crippen LogP contribution >= 0.6 is 0 Å². The summed E-state index contributed by atoms with van der Waals surface area (Å²) < 4.78 is 5.58. The first kappa shape index (κ1) is 12.8. The second-order valence-electron chi connectivity index (χ2n) is 4.54. The van der Waals surface area contributed by atoms with E-state index in [1.807, 2.05) is 7.05 Å². The van der Waals surface area contributed by atoms with Crippen molar-refractivity contribution in [3.05, 3.63) is 24.5 Å². The molecule has 1 N–H and O–H groups in total. The standard InChI is InChI=1S/C13H19N3O2/c1-10(18-12-4-3-6-14-9-12)13(17)16(2)11-5-7-15-8-11/h3-4,6,9-11,15H,5,7-8H2,1-2H3. The number of carbonyl (C=O) groups excluding carboxylic acids is 1. The molecule has 1 aliphatic heterocycles. The maximum Gasteiger partial charge on any atom is 0.263 e. The molecule has 5 nitrogen and oxygen atoms in total.